The molecular weight excluding hydrogens is 262 g/mol. The van der Waals surface area contributed by atoms with Gasteiger partial charge in [0, 0.05) is 17.5 Å². The highest BCUT2D eigenvalue weighted by molar-refractivity contribution is 7.89. The van der Waals surface area contributed by atoms with Crippen LogP contribution in [-0.2, 0) is 10.0 Å². The van der Waals surface area contributed by atoms with E-state index in [1.165, 1.54) is 4.31 Å². The molecule has 0 fully saturated rings. The Morgan fingerprint density at radius 3 is 2.63 bits per heavy atom. The lowest BCUT2D eigenvalue weighted by molar-refractivity contribution is 0.0958. The zero-order valence-electron chi connectivity index (χ0n) is 10.5. The van der Waals surface area contributed by atoms with Crippen LogP contribution in [0.3, 0.4) is 0 Å². The summed E-state index contributed by atoms with van der Waals surface area (Å²) < 4.78 is 26.4. The Kier molecular flexibility index (Phi) is 2.69. The maximum atomic E-state index is 12.6. The molecule has 0 unspecified atom stereocenters. The minimum absolute atomic E-state index is 0.0653. The molecule has 0 saturated heterocycles. The number of benzene rings is 2. The average molecular weight is 275 g/mol. The maximum Gasteiger partial charge on any atom is 0.244 e. The summed E-state index contributed by atoms with van der Waals surface area (Å²) in [5, 5.41) is 1.45. The molecule has 1 aliphatic heterocycles. The Labute approximate surface area is 111 Å². The second kappa shape index (κ2) is 4.15. The van der Waals surface area contributed by atoms with Crippen LogP contribution in [0.25, 0.3) is 10.8 Å². The Morgan fingerprint density at radius 2 is 1.89 bits per heavy atom. The van der Waals surface area contributed by atoms with Crippen LogP contribution in [0.1, 0.15) is 17.3 Å². The standard InChI is InChI=1S/C14H13NO3S/c1-2-15-9-13(16)12-8-7-10-5-3-4-6-11(10)14(12)19(15,17)18/h3-8H,2,9H2,1H3. The number of fused-ring (bicyclic) bond motifs is 3. The molecule has 19 heavy (non-hydrogen) atoms. The average Bonchev–Trinajstić information content (AvgIpc) is 2.41. The van der Waals surface area contributed by atoms with E-state index in [4.69, 9.17) is 0 Å². The van der Waals surface area contributed by atoms with Crippen molar-refractivity contribution in [2.45, 2.75) is 11.8 Å². The van der Waals surface area contributed by atoms with Crippen LogP contribution < -0.4 is 0 Å². The summed E-state index contributed by atoms with van der Waals surface area (Å²) in [6, 6.07) is 10.6. The molecule has 0 atom stereocenters. The highest BCUT2D eigenvalue weighted by Crippen LogP contribution is 2.32. The monoisotopic (exact) mass is 275 g/mol. The molecule has 0 aromatic heterocycles. The molecule has 1 heterocycles. The van der Waals surface area contributed by atoms with E-state index in [2.05, 4.69) is 0 Å². The van der Waals surface area contributed by atoms with Gasteiger partial charge in [0.2, 0.25) is 10.0 Å². The van der Waals surface area contributed by atoms with E-state index in [0.29, 0.717) is 17.5 Å². The Balaban J connectivity index is 2.45. The molecule has 4 nitrogen and oxygen atoms in total. The molecule has 0 N–H and O–H groups in total. The molecule has 1 aliphatic rings. The number of hydrogen-bond acceptors (Lipinski definition) is 3. The Morgan fingerprint density at radius 1 is 1.16 bits per heavy atom. The predicted molar refractivity (Wildman–Crippen MR) is 72.7 cm³/mol. The summed E-state index contributed by atoms with van der Waals surface area (Å²) in [5.74, 6) is -0.141. The molecule has 0 radical (unpaired) electrons. The van der Waals surface area contributed by atoms with Crippen LogP contribution in [0.4, 0.5) is 0 Å². The lowest BCUT2D eigenvalue weighted by Crippen LogP contribution is -2.40. The minimum atomic E-state index is -3.58. The van der Waals surface area contributed by atoms with Crippen molar-refractivity contribution in [1.29, 1.82) is 0 Å². The van der Waals surface area contributed by atoms with Gasteiger partial charge in [-0.05, 0) is 11.5 Å². The van der Waals surface area contributed by atoms with Gasteiger partial charge in [-0.3, -0.25) is 4.79 Å². The predicted octanol–water partition coefficient (Wildman–Crippen LogP) is 2.05. The third-order valence-electron chi connectivity index (χ3n) is 3.45. The smallest absolute Gasteiger partial charge is 0.244 e. The molecule has 0 bridgehead atoms. The number of hydrogen-bond donors (Lipinski definition) is 0. The normalized spacial score (nSPS) is 18.5. The van der Waals surface area contributed by atoms with E-state index in [1.54, 1.807) is 31.2 Å². The van der Waals surface area contributed by atoms with Gasteiger partial charge in [-0.25, -0.2) is 8.42 Å². The molecule has 3 rings (SSSR count). The van der Waals surface area contributed by atoms with Crippen LogP contribution in [0.15, 0.2) is 41.3 Å². The molecule has 5 heteroatoms. The molecule has 2 aromatic rings. The van der Waals surface area contributed by atoms with Gasteiger partial charge < -0.3 is 0 Å². The van der Waals surface area contributed by atoms with Crippen molar-refractivity contribution in [3.63, 3.8) is 0 Å². The Hall–Kier alpha value is -1.72. The van der Waals surface area contributed by atoms with Gasteiger partial charge in [-0.1, -0.05) is 37.3 Å². The number of sulfonamides is 1. The fraction of sp³-hybridized carbons (Fsp3) is 0.214. The lowest BCUT2D eigenvalue weighted by atomic mass is 10.0. The molecule has 0 amide bonds. The fourth-order valence-electron chi connectivity index (χ4n) is 2.48. The summed E-state index contributed by atoms with van der Waals surface area (Å²) in [7, 11) is -3.58. The van der Waals surface area contributed by atoms with Crippen LogP contribution in [-0.4, -0.2) is 31.6 Å². The first-order chi connectivity index (χ1) is 9.05. The quantitative estimate of drug-likeness (QED) is 0.800. The van der Waals surface area contributed by atoms with Crippen molar-refractivity contribution >= 4 is 26.6 Å². The van der Waals surface area contributed by atoms with Crippen LogP contribution >= 0.6 is 0 Å². The third kappa shape index (κ3) is 1.69. The van der Waals surface area contributed by atoms with Crippen molar-refractivity contribution < 1.29 is 13.2 Å². The van der Waals surface area contributed by atoms with E-state index in [-0.39, 0.29) is 17.2 Å². The second-order valence-corrected chi connectivity index (χ2v) is 6.39. The summed E-state index contributed by atoms with van der Waals surface area (Å²) >= 11 is 0. The fourth-order valence-corrected chi connectivity index (χ4v) is 4.29. The number of carbonyl (C=O) groups is 1. The van der Waals surface area contributed by atoms with Crippen molar-refractivity contribution in [3.05, 3.63) is 42.0 Å². The number of carbonyl (C=O) groups excluding carboxylic acids is 1. The van der Waals surface area contributed by atoms with Crippen molar-refractivity contribution in [3.8, 4) is 0 Å². The van der Waals surface area contributed by atoms with Gasteiger partial charge in [0.1, 0.15) is 4.90 Å². The van der Waals surface area contributed by atoms with Crippen molar-refractivity contribution in [2.75, 3.05) is 13.1 Å². The largest absolute Gasteiger partial charge is 0.293 e. The van der Waals surface area contributed by atoms with Crippen LogP contribution in [0.5, 0.6) is 0 Å². The summed E-state index contributed by atoms with van der Waals surface area (Å²) in [6.07, 6.45) is 0. The number of rotatable bonds is 1. The first kappa shape index (κ1) is 12.3. The highest BCUT2D eigenvalue weighted by Gasteiger charge is 2.36. The van der Waals surface area contributed by atoms with Crippen molar-refractivity contribution in [2.24, 2.45) is 0 Å². The summed E-state index contributed by atoms with van der Waals surface area (Å²) in [6.45, 7) is 1.97. The molecule has 98 valence electrons. The highest BCUT2D eigenvalue weighted by atomic mass is 32.2. The molecular formula is C14H13NO3S. The van der Waals surface area contributed by atoms with Crippen LogP contribution in [0.2, 0.25) is 0 Å². The van der Waals surface area contributed by atoms with Crippen molar-refractivity contribution in [1.82, 2.24) is 4.31 Å². The van der Waals surface area contributed by atoms with Gasteiger partial charge >= 0.3 is 0 Å². The van der Waals surface area contributed by atoms with E-state index < -0.39 is 10.0 Å². The first-order valence-corrected chi connectivity index (χ1v) is 7.55. The lowest BCUT2D eigenvalue weighted by Gasteiger charge is -2.27. The van der Waals surface area contributed by atoms with Gasteiger partial charge in [0.05, 0.1) is 6.54 Å². The summed E-state index contributed by atoms with van der Waals surface area (Å²) in [5.41, 5.74) is 0.309. The summed E-state index contributed by atoms with van der Waals surface area (Å²) in [4.78, 5) is 12.2. The number of Topliss-reactive ketones (excluding diaryl/α,β-unsaturated/α-hetero) is 1. The number of ketones is 1. The van der Waals surface area contributed by atoms with Gasteiger partial charge in [0.15, 0.2) is 5.78 Å². The topological polar surface area (TPSA) is 54.5 Å². The van der Waals surface area contributed by atoms with E-state index in [0.717, 1.165) is 5.39 Å². The zero-order valence-corrected chi connectivity index (χ0v) is 11.3. The Bertz CT molecular complexity index is 780. The van der Waals surface area contributed by atoms with E-state index in [9.17, 15) is 13.2 Å². The third-order valence-corrected chi connectivity index (χ3v) is 5.47. The minimum Gasteiger partial charge on any atom is -0.293 e. The number of likely N-dealkylation sites (N-methyl/N-ethyl adjacent to an activating group) is 1. The molecule has 0 saturated carbocycles. The molecule has 2 aromatic carbocycles. The van der Waals surface area contributed by atoms with Gasteiger partial charge in [0.25, 0.3) is 0 Å². The SMILES string of the molecule is CCN1CC(=O)c2ccc3ccccc3c2S1(=O)=O. The van der Waals surface area contributed by atoms with Gasteiger partial charge in [-0.2, -0.15) is 4.31 Å². The maximum absolute atomic E-state index is 12.6. The molecule has 0 aliphatic carbocycles. The van der Waals surface area contributed by atoms with Gasteiger partial charge in [-0.15, -0.1) is 0 Å². The van der Waals surface area contributed by atoms with Crippen LogP contribution in [0, 0.1) is 0 Å². The first-order valence-electron chi connectivity index (χ1n) is 6.11. The van der Waals surface area contributed by atoms with E-state index >= 15 is 0 Å². The number of nitrogens with zero attached hydrogens (tertiary/aromatic N) is 1. The zero-order chi connectivity index (χ0) is 13.6. The molecule has 0 spiro atoms. The van der Waals surface area contributed by atoms with E-state index in [1.807, 2.05) is 12.1 Å². The second-order valence-electron chi connectivity index (χ2n) is 4.52.